The van der Waals surface area contributed by atoms with E-state index in [2.05, 4.69) is 9.97 Å². The zero-order valence-electron chi connectivity index (χ0n) is 5.38. The van der Waals surface area contributed by atoms with Crippen LogP contribution in [0.5, 0.6) is 0 Å². The Labute approximate surface area is 63.4 Å². The van der Waals surface area contributed by atoms with Crippen LogP contribution in [0.3, 0.4) is 0 Å². The third-order valence-electron chi connectivity index (χ3n) is 1.05. The smallest absolute Gasteiger partial charge is 0.124 e. The molecule has 1 rings (SSSR count). The van der Waals surface area contributed by atoms with Gasteiger partial charge in [0.25, 0.3) is 0 Å². The SMILES string of the molecule is Cc1ncc(C#N)c(=S)[nH]1. The third-order valence-corrected chi connectivity index (χ3v) is 1.37. The number of hydrogen-bond donors (Lipinski definition) is 1. The minimum Gasteiger partial charge on any atom is -0.334 e. The fourth-order valence-corrected chi connectivity index (χ4v) is 0.810. The Kier molecular flexibility index (Phi) is 1.78. The molecule has 0 saturated heterocycles. The van der Waals surface area contributed by atoms with Crippen molar-refractivity contribution in [3.8, 4) is 6.07 Å². The lowest BCUT2D eigenvalue weighted by atomic mass is 10.4. The molecule has 1 N–H and O–H groups in total. The summed E-state index contributed by atoms with van der Waals surface area (Å²) in [6, 6.07) is 1.92. The predicted octanol–water partition coefficient (Wildman–Crippen LogP) is 1.32. The number of nitrogens with zero attached hydrogens (tertiary/aromatic N) is 2. The number of aromatic amines is 1. The maximum absolute atomic E-state index is 8.43. The predicted molar refractivity (Wildman–Crippen MR) is 38.9 cm³/mol. The molecular formula is C6H5N3S. The molecule has 0 aliphatic heterocycles. The standard InChI is InChI=1S/C6H5N3S/c1-4-8-3-5(2-7)6(10)9-4/h3H,1H3,(H,8,9,10). The van der Waals surface area contributed by atoms with Crippen molar-refractivity contribution in [1.29, 1.82) is 5.26 Å². The van der Waals surface area contributed by atoms with E-state index in [9.17, 15) is 0 Å². The van der Waals surface area contributed by atoms with E-state index in [1.54, 1.807) is 6.92 Å². The van der Waals surface area contributed by atoms with E-state index in [0.29, 0.717) is 10.2 Å². The summed E-state index contributed by atoms with van der Waals surface area (Å²) in [5.41, 5.74) is 0.417. The molecule has 0 spiro atoms. The van der Waals surface area contributed by atoms with Crippen molar-refractivity contribution in [3.63, 3.8) is 0 Å². The molecule has 4 heteroatoms. The quantitative estimate of drug-likeness (QED) is 0.569. The number of nitriles is 1. The number of rotatable bonds is 0. The molecule has 1 aromatic heterocycles. The van der Waals surface area contributed by atoms with Gasteiger partial charge in [0.05, 0.1) is 0 Å². The van der Waals surface area contributed by atoms with Gasteiger partial charge in [-0.2, -0.15) is 5.26 Å². The maximum atomic E-state index is 8.43. The maximum Gasteiger partial charge on any atom is 0.124 e. The minimum atomic E-state index is 0.417. The molecule has 50 valence electrons. The Hall–Kier alpha value is -1.21. The van der Waals surface area contributed by atoms with Crippen molar-refractivity contribution in [3.05, 3.63) is 22.2 Å². The highest BCUT2D eigenvalue weighted by atomic mass is 32.1. The Morgan fingerprint density at radius 1 is 1.80 bits per heavy atom. The summed E-state index contributed by atoms with van der Waals surface area (Å²) >= 11 is 4.82. The van der Waals surface area contributed by atoms with Crippen LogP contribution in [0.15, 0.2) is 6.20 Å². The molecule has 0 radical (unpaired) electrons. The Morgan fingerprint density at radius 2 is 2.50 bits per heavy atom. The summed E-state index contributed by atoms with van der Waals surface area (Å²) in [4.78, 5) is 6.64. The fraction of sp³-hybridized carbons (Fsp3) is 0.167. The third kappa shape index (κ3) is 1.20. The molecule has 0 fully saturated rings. The van der Waals surface area contributed by atoms with Gasteiger partial charge in [-0.1, -0.05) is 12.2 Å². The van der Waals surface area contributed by atoms with Crippen LogP contribution in [-0.2, 0) is 0 Å². The van der Waals surface area contributed by atoms with Crippen LogP contribution in [0, 0.1) is 22.9 Å². The van der Waals surface area contributed by atoms with Gasteiger partial charge in [-0.3, -0.25) is 0 Å². The van der Waals surface area contributed by atoms with Crippen molar-refractivity contribution in [1.82, 2.24) is 9.97 Å². The van der Waals surface area contributed by atoms with Crippen LogP contribution in [0.1, 0.15) is 11.4 Å². The molecule has 0 bridgehead atoms. The summed E-state index contributed by atoms with van der Waals surface area (Å²) in [7, 11) is 0. The number of aryl methyl sites for hydroxylation is 1. The van der Waals surface area contributed by atoms with Crippen LogP contribution in [-0.4, -0.2) is 9.97 Å². The van der Waals surface area contributed by atoms with Crippen LogP contribution >= 0.6 is 12.2 Å². The van der Waals surface area contributed by atoms with Gasteiger partial charge in [-0.25, -0.2) is 4.98 Å². The van der Waals surface area contributed by atoms with E-state index in [1.807, 2.05) is 6.07 Å². The second-order valence-electron chi connectivity index (χ2n) is 1.82. The van der Waals surface area contributed by atoms with Crippen LogP contribution in [0.2, 0.25) is 0 Å². The van der Waals surface area contributed by atoms with E-state index in [0.717, 1.165) is 5.82 Å². The number of aromatic nitrogens is 2. The first-order valence-electron chi connectivity index (χ1n) is 2.70. The molecular weight excluding hydrogens is 146 g/mol. The summed E-state index contributed by atoms with van der Waals surface area (Å²) in [5, 5.41) is 8.43. The molecule has 0 amide bonds. The van der Waals surface area contributed by atoms with Crippen LogP contribution in [0.4, 0.5) is 0 Å². The molecule has 0 aliphatic carbocycles. The van der Waals surface area contributed by atoms with E-state index < -0.39 is 0 Å². The molecule has 1 heterocycles. The first-order chi connectivity index (χ1) is 4.74. The molecule has 3 nitrogen and oxygen atoms in total. The van der Waals surface area contributed by atoms with E-state index in [4.69, 9.17) is 17.5 Å². The highest BCUT2D eigenvalue weighted by Crippen LogP contribution is 1.95. The lowest BCUT2D eigenvalue weighted by Gasteiger charge is -1.90. The van der Waals surface area contributed by atoms with Crippen molar-refractivity contribution in [2.45, 2.75) is 6.92 Å². The van der Waals surface area contributed by atoms with Crippen molar-refractivity contribution < 1.29 is 0 Å². The highest BCUT2D eigenvalue weighted by molar-refractivity contribution is 7.71. The lowest BCUT2D eigenvalue weighted by molar-refractivity contribution is 1.03. The van der Waals surface area contributed by atoms with Crippen molar-refractivity contribution >= 4 is 12.2 Å². The van der Waals surface area contributed by atoms with Crippen molar-refractivity contribution in [2.24, 2.45) is 0 Å². The second kappa shape index (κ2) is 2.58. The zero-order valence-corrected chi connectivity index (χ0v) is 6.20. The van der Waals surface area contributed by atoms with Crippen LogP contribution < -0.4 is 0 Å². The largest absolute Gasteiger partial charge is 0.334 e. The van der Waals surface area contributed by atoms with Gasteiger partial charge in [-0.05, 0) is 6.92 Å². The minimum absolute atomic E-state index is 0.417. The molecule has 1 aromatic rings. The first-order valence-corrected chi connectivity index (χ1v) is 3.11. The number of hydrogen-bond acceptors (Lipinski definition) is 3. The average Bonchev–Trinajstić information content (AvgIpc) is 1.88. The van der Waals surface area contributed by atoms with Gasteiger partial charge >= 0.3 is 0 Å². The summed E-state index contributed by atoms with van der Waals surface area (Å²) in [5.74, 6) is 0.726. The Morgan fingerprint density at radius 3 is 3.00 bits per heavy atom. The fourth-order valence-electron chi connectivity index (χ4n) is 0.564. The Balaban J connectivity index is 3.38. The molecule has 0 atom stereocenters. The van der Waals surface area contributed by atoms with Gasteiger partial charge in [0, 0.05) is 6.20 Å². The van der Waals surface area contributed by atoms with E-state index in [1.165, 1.54) is 6.20 Å². The topological polar surface area (TPSA) is 52.5 Å². The summed E-state index contributed by atoms with van der Waals surface area (Å²) < 4.78 is 0.454. The number of H-pyrrole nitrogens is 1. The monoisotopic (exact) mass is 151 g/mol. The molecule has 0 saturated carbocycles. The van der Waals surface area contributed by atoms with Gasteiger partial charge in [0.1, 0.15) is 22.1 Å². The van der Waals surface area contributed by atoms with Gasteiger partial charge in [0.2, 0.25) is 0 Å². The lowest BCUT2D eigenvalue weighted by Crippen LogP contribution is -1.89. The molecule has 0 unspecified atom stereocenters. The normalized spacial score (nSPS) is 8.80. The molecule has 0 aromatic carbocycles. The highest BCUT2D eigenvalue weighted by Gasteiger charge is 1.92. The van der Waals surface area contributed by atoms with Gasteiger partial charge in [-0.15, -0.1) is 0 Å². The van der Waals surface area contributed by atoms with Gasteiger partial charge < -0.3 is 4.98 Å². The number of nitrogens with one attached hydrogen (secondary N) is 1. The average molecular weight is 151 g/mol. The van der Waals surface area contributed by atoms with Gasteiger partial charge in [0.15, 0.2) is 0 Å². The Bertz CT molecular complexity index is 334. The second-order valence-corrected chi connectivity index (χ2v) is 2.23. The summed E-state index contributed by atoms with van der Waals surface area (Å²) in [6.07, 6.45) is 1.47. The van der Waals surface area contributed by atoms with Crippen LogP contribution in [0.25, 0.3) is 0 Å². The van der Waals surface area contributed by atoms with E-state index in [-0.39, 0.29) is 0 Å². The van der Waals surface area contributed by atoms with E-state index >= 15 is 0 Å². The molecule has 10 heavy (non-hydrogen) atoms. The van der Waals surface area contributed by atoms with Crippen molar-refractivity contribution in [2.75, 3.05) is 0 Å². The molecule has 0 aliphatic rings. The first kappa shape index (κ1) is 6.90. The zero-order chi connectivity index (χ0) is 7.56. The summed E-state index contributed by atoms with van der Waals surface area (Å²) in [6.45, 7) is 1.79.